The summed E-state index contributed by atoms with van der Waals surface area (Å²) in [6.07, 6.45) is 0. The van der Waals surface area contributed by atoms with E-state index in [-0.39, 0.29) is 13.3 Å². The summed E-state index contributed by atoms with van der Waals surface area (Å²) in [6.45, 7) is 1.64. The van der Waals surface area contributed by atoms with Crippen LogP contribution in [-0.2, 0) is 15.2 Å². The fourth-order valence-electron chi connectivity index (χ4n) is 2.83. The molecule has 2 amide bonds. The van der Waals surface area contributed by atoms with Gasteiger partial charge in [-0.2, -0.15) is 0 Å². The lowest BCUT2D eigenvalue weighted by Gasteiger charge is -2.22. The first kappa shape index (κ1) is 18.3. The molecule has 1 atom stereocenters. The Balaban J connectivity index is 1.38. The van der Waals surface area contributed by atoms with Crippen LogP contribution >= 0.6 is 11.3 Å². The average molecular weight is 398 g/mol. The molecule has 2 heterocycles. The van der Waals surface area contributed by atoms with Crippen molar-refractivity contribution >= 4 is 38.9 Å². The highest BCUT2D eigenvalue weighted by Gasteiger charge is 2.27. The van der Waals surface area contributed by atoms with Crippen molar-refractivity contribution in [3.63, 3.8) is 0 Å². The number of benzene rings is 2. The molecule has 144 valence electrons. The Hall–Kier alpha value is -3.10. The SMILES string of the molecule is CC(O)(CNC(=O)C(=O)Nc1ccc2c(c1)OCO2)c1cc2ccccc2s1. The smallest absolute Gasteiger partial charge is 0.313 e. The summed E-state index contributed by atoms with van der Waals surface area (Å²) in [5.74, 6) is -0.571. The average Bonchev–Trinajstić information content (AvgIpc) is 3.32. The molecule has 28 heavy (non-hydrogen) atoms. The molecule has 1 aliphatic rings. The lowest BCUT2D eigenvalue weighted by Crippen LogP contribution is -2.42. The third-order valence-corrected chi connectivity index (χ3v) is 5.76. The fourth-order valence-corrected chi connectivity index (χ4v) is 3.94. The number of aliphatic hydroxyl groups is 1. The zero-order valence-corrected chi connectivity index (χ0v) is 15.8. The summed E-state index contributed by atoms with van der Waals surface area (Å²) >= 11 is 1.45. The van der Waals surface area contributed by atoms with Gasteiger partial charge >= 0.3 is 11.8 Å². The van der Waals surface area contributed by atoms with Crippen LogP contribution in [0.15, 0.2) is 48.5 Å². The Labute approximate surface area is 164 Å². The Morgan fingerprint density at radius 3 is 2.71 bits per heavy atom. The molecule has 3 aromatic rings. The van der Waals surface area contributed by atoms with Gasteiger partial charge in [0.25, 0.3) is 0 Å². The second-order valence-electron chi connectivity index (χ2n) is 6.63. The number of hydrogen-bond donors (Lipinski definition) is 3. The van der Waals surface area contributed by atoms with Crippen molar-refractivity contribution in [3.8, 4) is 11.5 Å². The quantitative estimate of drug-likeness (QED) is 0.587. The maximum absolute atomic E-state index is 12.1. The van der Waals surface area contributed by atoms with Crippen molar-refractivity contribution in [1.29, 1.82) is 0 Å². The second kappa shape index (κ2) is 7.14. The monoisotopic (exact) mass is 398 g/mol. The van der Waals surface area contributed by atoms with Crippen molar-refractivity contribution in [2.24, 2.45) is 0 Å². The molecular formula is C20H18N2O5S. The third kappa shape index (κ3) is 3.64. The van der Waals surface area contributed by atoms with E-state index in [1.165, 1.54) is 11.3 Å². The Morgan fingerprint density at radius 2 is 1.89 bits per heavy atom. The zero-order valence-electron chi connectivity index (χ0n) is 15.0. The predicted molar refractivity (Wildman–Crippen MR) is 106 cm³/mol. The predicted octanol–water partition coefficient (Wildman–Crippen LogP) is 2.59. The molecule has 0 bridgehead atoms. The molecule has 4 rings (SSSR count). The Bertz CT molecular complexity index is 1030. The van der Waals surface area contributed by atoms with E-state index in [0.717, 1.165) is 10.1 Å². The first-order valence-electron chi connectivity index (χ1n) is 8.63. The van der Waals surface area contributed by atoms with Gasteiger partial charge in [-0.15, -0.1) is 11.3 Å². The Morgan fingerprint density at radius 1 is 1.11 bits per heavy atom. The van der Waals surface area contributed by atoms with Crippen LogP contribution < -0.4 is 20.1 Å². The van der Waals surface area contributed by atoms with Crippen LogP contribution in [0.25, 0.3) is 10.1 Å². The van der Waals surface area contributed by atoms with E-state index in [2.05, 4.69) is 10.6 Å². The van der Waals surface area contributed by atoms with Crippen LogP contribution in [0.2, 0.25) is 0 Å². The molecule has 2 aromatic carbocycles. The number of hydrogen-bond acceptors (Lipinski definition) is 6. The van der Waals surface area contributed by atoms with Crippen molar-refractivity contribution in [3.05, 3.63) is 53.4 Å². The number of carbonyl (C=O) groups excluding carboxylic acids is 2. The van der Waals surface area contributed by atoms with Crippen LogP contribution in [-0.4, -0.2) is 30.3 Å². The second-order valence-corrected chi connectivity index (χ2v) is 7.71. The normalized spacial score (nSPS) is 14.5. The van der Waals surface area contributed by atoms with Gasteiger partial charge in [-0.3, -0.25) is 9.59 Å². The number of anilines is 1. The van der Waals surface area contributed by atoms with Gasteiger partial charge in [0.15, 0.2) is 11.5 Å². The number of carbonyl (C=O) groups is 2. The lowest BCUT2D eigenvalue weighted by molar-refractivity contribution is -0.136. The van der Waals surface area contributed by atoms with E-state index < -0.39 is 17.4 Å². The highest BCUT2D eigenvalue weighted by atomic mass is 32.1. The van der Waals surface area contributed by atoms with Crippen LogP contribution in [0.4, 0.5) is 5.69 Å². The highest BCUT2D eigenvalue weighted by molar-refractivity contribution is 7.19. The van der Waals surface area contributed by atoms with Gasteiger partial charge in [0.1, 0.15) is 5.60 Å². The molecule has 0 spiro atoms. The van der Waals surface area contributed by atoms with Gasteiger partial charge < -0.3 is 25.2 Å². The molecule has 1 unspecified atom stereocenters. The highest BCUT2D eigenvalue weighted by Crippen LogP contribution is 2.34. The standard InChI is InChI=1S/C20H18N2O5S/c1-20(25,17-8-12-4-2-3-5-16(12)28-17)10-21-18(23)19(24)22-13-6-7-14-15(9-13)27-11-26-14/h2-9,25H,10-11H2,1H3,(H,21,23)(H,22,24). The van der Waals surface area contributed by atoms with Crippen molar-refractivity contribution in [2.45, 2.75) is 12.5 Å². The number of thiophene rings is 1. The molecule has 8 heteroatoms. The summed E-state index contributed by atoms with van der Waals surface area (Å²) in [5.41, 5.74) is -0.876. The van der Waals surface area contributed by atoms with Crippen molar-refractivity contribution in [1.82, 2.24) is 5.32 Å². The zero-order chi connectivity index (χ0) is 19.7. The molecule has 0 saturated carbocycles. The van der Waals surface area contributed by atoms with Crippen LogP contribution in [0, 0.1) is 0 Å². The van der Waals surface area contributed by atoms with Gasteiger partial charge in [-0.25, -0.2) is 0 Å². The van der Waals surface area contributed by atoms with Crippen LogP contribution in [0.5, 0.6) is 11.5 Å². The molecule has 1 aromatic heterocycles. The van der Waals surface area contributed by atoms with E-state index in [4.69, 9.17) is 9.47 Å². The first-order valence-corrected chi connectivity index (χ1v) is 9.44. The third-order valence-electron chi connectivity index (χ3n) is 4.39. The summed E-state index contributed by atoms with van der Waals surface area (Å²) in [5, 5.41) is 16.8. The van der Waals surface area contributed by atoms with E-state index in [0.29, 0.717) is 22.1 Å². The molecule has 0 fully saturated rings. The van der Waals surface area contributed by atoms with E-state index in [1.807, 2.05) is 30.3 Å². The minimum absolute atomic E-state index is 0.0901. The maximum Gasteiger partial charge on any atom is 0.313 e. The van der Waals surface area contributed by atoms with Crippen molar-refractivity contribution in [2.75, 3.05) is 18.7 Å². The summed E-state index contributed by atoms with van der Waals surface area (Å²) < 4.78 is 11.5. The maximum atomic E-state index is 12.1. The largest absolute Gasteiger partial charge is 0.454 e. The van der Waals surface area contributed by atoms with Gasteiger partial charge in [0, 0.05) is 21.3 Å². The molecule has 3 N–H and O–H groups in total. The minimum Gasteiger partial charge on any atom is -0.454 e. The molecular weight excluding hydrogens is 380 g/mol. The van der Waals surface area contributed by atoms with Crippen molar-refractivity contribution < 1.29 is 24.2 Å². The van der Waals surface area contributed by atoms with E-state index in [9.17, 15) is 14.7 Å². The number of nitrogens with one attached hydrogen (secondary N) is 2. The van der Waals surface area contributed by atoms with E-state index >= 15 is 0 Å². The summed E-state index contributed by atoms with van der Waals surface area (Å²) in [6, 6.07) is 14.5. The molecule has 7 nitrogen and oxygen atoms in total. The number of ether oxygens (including phenoxy) is 2. The van der Waals surface area contributed by atoms with Gasteiger partial charge in [0.05, 0.1) is 6.54 Å². The van der Waals surface area contributed by atoms with Gasteiger partial charge in [0.2, 0.25) is 6.79 Å². The Kier molecular flexibility index (Phi) is 4.66. The summed E-state index contributed by atoms with van der Waals surface area (Å²) in [7, 11) is 0. The number of rotatable bonds is 4. The number of amides is 2. The molecule has 0 aliphatic carbocycles. The fraction of sp³-hybridized carbons (Fsp3) is 0.200. The van der Waals surface area contributed by atoms with E-state index in [1.54, 1.807) is 25.1 Å². The molecule has 0 radical (unpaired) electrons. The van der Waals surface area contributed by atoms with Crippen LogP contribution in [0.3, 0.4) is 0 Å². The molecule has 1 aliphatic heterocycles. The number of fused-ring (bicyclic) bond motifs is 2. The van der Waals surface area contributed by atoms with Gasteiger partial charge in [-0.05, 0) is 36.6 Å². The van der Waals surface area contributed by atoms with Gasteiger partial charge in [-0.1, -0.05) is 18.2 Å². The summed E-state index contributed by atoms with van der Waals surface area (Å²) in [4.78, 5) is 25.0. The van der Waals surface area contributed by atoms with Crippen LogP contribution in [0.1, 0.15) is 11.8 Å². The first-order chi connectivity index (χ1) is 13.4. The minimum atomic E-state index is -1.29. The topological polar surface area (TPSA) is 96.9 Å². The molecule has 0 saturated heterocycles. The lowest BCUT2D eigenvalue weighted by atomic mass is 10.0.